The van der Waals surface area contributed by atoms with Crippen molar-refractivity contribution in [3.8, 4) is 5.75 Å². The number of aromatic nitrogens is 2. The summed E-state index contributed by atoms with van der Waals surface area (Å²) in [5.41, 5.74) is 2.34. The average molecular weight is 287 g/mol. The number of methoxy groups -OCH3 is 1. The highest BCUT2D eigenvalue weighted by Gasteiger charge is 2.24. The van der Waals surface area contributed by atoms with Crippen LogP contribution in [0.15, 0.2) is 36.8 Å². The monoisotopic (exact) mass is 287 g/mol. The molecule has 5 heteroatoms. The Balaban J connectivity index is 1.84. The van der Waals surface area contributed by atoms with Crippen molar-refractivity contribution in [2.75, 3.05) is 13.7 Å². The van der Waals surface area contributed by atoms with Crippen LogP contribution in [0, 0.1) is 0 Å². The molecule has 1 aromatic heterocycles. The Labute approximate surface area is 124 Å². The normalized spacial score (nSPS) is 19.0. The summed E-state index contributed by atoms with van der Waals surface area (Å²) >= 11 is 0. The van der Waals surface area contributed by atoms with Crippen molar-refractivity contribution in [2.24, 2.45) is 0 Å². The maximum atomic E-state index is 9.71. The van der Waals surface area contributed by atoms with Gasteiger partial charge < -0.3 is 14.4 Å². The molecule has 0 bridgehead atoms. The highest BCUT2D eigenvalue weighted by molar-refractivity contribution is 5.33. The van der Waals surface area contributed by atoms with E-state index in [0.717, 1.165) is 37.4 Å². The second-order valence-corrected chi connectivity index (χ2v) is 5.42. The minimum Gasteiger partial charge on any atom is -0.496 e. The van der Waals surface area contributed by atoms with E-state index in [1.165, 1.54) is 5.69 Å². The minimum atomic E-state index is 0.162. The summed E-state index contributed by atoms with van der Waals surface area (Å²) in [5.74, 6) is 0.895. The van der Waals surface area contributed by atoms with Gasteiger partial charge in [-0.15, -0.1) is 0 Å². The van der Waals surface area contributed by atoms with Crippen LogP contribution in [-0.4, -0.2) is 39.3 Å². The maximum Gasteiger partial charge on any atom is 0.123 e. The summed E-state index contributed by atoms with van der Waals surface area (Å²) in [7, 11) is 1.69. The lowest BCUT2D eigenvalue weighted by Gasteiger charge is -2.28. The molecular formula is C16H21N3O2. The Morgan fingerprint density at radius 2 is 2.24 bits per heavy atom. The van der Waals surface area contributed by atoms with Crippen molar-refractivity contribution < 1.29 is 9.84 Å². The Kier molecular flexibility index (Phi) is 4.22. The number of aryl methyl sites for hydroxylation is 1. The highest BCUT2D eigenvalue weighted by atomic mass is 16.5. The molecule has 1 aliphatic rings. The van der Waals surface area contributed by atoms with Crippen LogP contribution in [-0.2, 0) is 19.6 Å². The van der Waals surface area contributed by atoms with Gasteiger partial charge in [-0.2, -0.15) is 0 Å². The zero-order valence-corrected chi connectivity index (χ0v) is 12.3. The van der Waals surface area contributed by atoms with Gasteiger partial charge in [0.25, 0.3) is 0 Å². The van der Waals surface area contributed by atoms with E-state index < -0.39 is 0 Å². The number of ether oxygens (including phenoxy) is 1. The number of hydrogen-bond acceptors (Lipinski definition) is 4. The zero-order chi connectivity index (χ0) is 14.7. The van der Waals surface area contributed by atoms with Gasteiger partial charge in [0.2, 0.25) is 0 Å². The first-order valence-electron chi connectivity index (χ1n) is 7.27. The molecule has 2 aromatic rings. The molecule has 1 aliphatic heterocycles. The number of benzene rings is 1. The second-order valence-electron chi connectivity index (χ2n) is 5.42. The lowest BCUT2D eigenvalue weighted by atomic mass is 10.1. The Hall–Kier alpha value is -1.85. The van der Waals surface area contributed by atoms with E-state index >= 15 is 0 Å². The predicted molar refractivity (Wildman–Crippen MR) is 80.0 cm³/mol. The molecule has 1 aromatic carbocycles. The molecule has 1 N–H and O–H groups in total. The fourth-order valence-corrected chi connectivity index (χ4v) is 2.93. The zero-order valence-electron chi connectivity index (χ0n) is 12.3. The van der Waals surface area contributed by atoms with Gasteiger partial charge in [-0.3, -0.25) is 4.90 Å². The quantitative estimate of drug-likeness (QED) is 0.929. The molecule has 2 heterocycles. The van der Waals surface area contributed by atoms with Gasteiger partial charge >= 0.3 is 0 Å². The largest absolute Gasteiger partial charge is 0.496 e. The van der Waals surface area contributed by atoms with Gasteiger partial charge in [0, 0.05) is 37.4 Å². The molecule has 0 aliphatic carbocycles. The van der Waals surface area contributed by atoms with Gasteiger partial charge in [0.15, 0.2) is 0 Å². The molecule has 0 fully saturated rings. The molecule has 0 unspecified atom stereocenters. The number of nitrogens with zero attached hydrogens (tertiary/aromatic N) is 3. The van der Waals surface area contributed by atoms with Crippen molar-refractivity contribution in [1.29, 1.82) is 0 Å². The standard InChI is InChI=1S/C16H21N3O2/c1-21-16-5-3-2-4-13(16)9-19-10-15-8-17-12-18(15)7-6-14(19)11-20/h2-5,8,12,14,20H,6-7,9-11H2,1H3/t14-/m0/s1. The van der Waals surface area contributed by atoms with Crippen LogP contribution in [0.4, 0.5) is 0 Å². The maximum absolute atomic E-state index is 9.71. The van der Waals surface area contributed by atoms with Crippen LogP contribution >= 0.6 is 0 Å². The van der Waals surface area contributed by atoms with E-state index in [1.54, 1.807) is 7.11 Å². The first-order valence-corrected chi connectivity index (χ1v) is 7.27. The molecule has 21 heavy (non-hydrogen) atoms. The molecule has 1 atom stereocenters. The molecule has 0 spiro atoms. The average Bonchev–Trinajstić information content (AvgIpc) is 2.89. The van der Waals surface area contributed by atoms with E-state index in [-0.39, 0.29) is 12.6 Å². The number of fused-ring (bicyclic) bond motifs is 1. The van der Waals surface area contributed by atoms with Crippen LogP contribution in [0.5, 0.6) is 5.75 Å². The van der Waals surface area contributed by atoms with Crippen molar-refractivity contribution in [3.63, 3.8) is 0 Å². The molecule has 112 valence electrons. The van der Waals surface area contributed by atoms with Gasteiger partial charge in [0.1, 0.15) is 5.75 Å². The lowest BCUT2D eigenvalue weighted by Crippen LogP contribution is -2.36. The van der Waals surface area contributed by atoms with E-state index in [0.29, 0.717) is 0 Å². The minimum absolute atomic E-state index is 0.162. The first kappa shape index (κ1) is 14.1. The van der Waals surface area contributed by atoms with Gasteiger partial charge in [-0.1, -0.05) is 18.2 Å². The van der Waals surface area contributed by atoms with Crippen LogP contribution in [0.25, 0.3) is 0 Å². The molecular weight excluding hydrogens is 266 g/mol. The summed E-state index contributed by atoms with van der Waals surface area (Å²) in [6.45, 7) is 2.64. The van der Waals surface area contributed by atoms with Crippen molar-refractivity contribution in [2.45, 2.75) is 32.1 Å². The number of rotatable bonds is 4. The topological polar surface area (TPSA) is 50.5 Å². The van der Waals surface area contributed by atoms with E-state index in [9.17, 15) is 5.11 Å². The van der Waals surface area contributed by atoms with E-state index in [1.807, 2.05) is 30.7 Å². The third-order valence-electron chi connectivity index (χ3n) is 4.16. The number of aliphatic hydroxyl groups is 1. The summed E-state index contributed by atoms with van der Waals surface area (Å²) < 4.78 is 7.61. The first-order chi connectivity index (χ1) is 10.3. The smallest absolute Gasteiger partial charge is 0.123 e. The third kappa shape index (κ3) is 2.94. The van der Waals surface area contributed by atoms with Gasteiger partial charge in [-0.25, -0.2) is 4.98 Å². The molecule has 0 amide bonds. The van der Waals surface area contributed by atoms with Crippen LogP contribution in [0.1, 0.15) is 17.7 Å². The van der Waals surface area contributed by atoms with Crippen molar-refractivity contribution in [1.82, 2.24) is 14.5 Å². The number of hydrogen-bond donors (Lipinski definition) is 1. The van der Waals surface area contributed by atoms with Crippen molar-refractivity contribution >= 4 is 0 Å². The van der Waals surface area contributed by atoms with E-state index in [2.05, 4.69) is 20.5 Å². The highest BCUT2D eigenvalue weighted by Crippen LogP contribution is 2.24. The predicted octanol–water partition coefficient (Wildman–Crippen LogP) is 1.66. The summed E-state index contributed by atoms with van der Waals surface area (Å²) in [6.07, 6.45) is 4.71. The number of para-hydroxylation sites is 1. The summed E-state index contributed by atoms with van der Waals surface area (Å²) in [4.78, 5) is 6.52. The summed E-state index contributed by atoms with van der Waals surface area (Å²) in [5, 5.41) is 9.71. The molecule has 0 saturated heterocycles. The van der Waals surface area contributed by atoms with Crippen LogP contribution in [0.3, 0.4) is 0 Å². The van der Waals surface area contributed by atoms with Gasteiger partial charge in [-0.05, 0) is 12.5 Å². The molecule has 5 nitrogen and oxygen atoms in total. The summed E-state index contributed by atoms with van der Waals surface area (Å²) in [6, 6.07) is 8.22. The lowest BCUT2D eigenvalue weighted by molar-refractivity contribution is 0.107. The van der Waals surface area contributed by atoms with E-state index in [4.69, 9.17) is 4.74 Å². The molecule has 0 saturated carbocycles. The fourth-order valence-electron chi connectivity index (χ4n) is 2.93. The SMILES string of the molecule is COc1ccccc1CN1Cc2cncn2CC[C@H]1CO. The number of imidazole rings is 1. The van der Waals surface area contributed by atoms with Crippen molar-refractivity contribution in [3.05, 3.63) is 48.0 Å². The Bertz CT molecular complexity index is 597. The fraction of sp³-hybridized carbons (Fsp3) is 0.438. The molecule has 0 radical (unpaired) electrons. The van der Waals surface area contributed by atoms with Crippen LogP contribution < -0.4 is 4.74 Å². The Morgan fingerprint density at radius 3 is 3.05 bits per heavy atom. The second kappa shape index (κ2) is 6.28. The van der Waals surface area contributed by atoms with Gasteiger partial charge in [0.05, 0.1) is 25.7 Å². The third-order valence-corrected chi connectivity index (χ3v) is 4.16. The Morgan fingerprint density at radius 1 is 1.38 bits per heavy atom. The number of aliphatic hydroxyl groups excluding tert-OH is 1. The molecule has 3 rings (SSSR count). The van der Waals surface area contributed by atoms with Crippen LogP contribution in [0.2, 0.25) is 0 Å².